The Morgan fingerprint density at radius 3 is 1.70 bits per heavy atom. The van der Waals surface area contributed by atoms with Gasteiger partial charge in [0.15, 0.2) is 5.96 Å². The number of nitrogens with zero attached hydrogens (tertiary/aromatic N) is 5. The summed E-state index contributed by atoms with van der Waals surface area (Å²) < 4.78 is 6.18. The molecule has 4 heterocycles. The first-order chi connectivity index (χ1) is 25.5. The highest BCUT2D eigenvalue weighted by Crippen LogP contribution is 2.19. The molecule has 13 N–H and O–H groups in total. The highest BCUT2D eigenvalue weighted by Gasteiger charge is 2.19. The van der Waals surface area contributed by atoms with Gasteiger partial charge in [-0.15, -0.1) is 0 Å². The van der Waals surface area contributed by atoms with Gasteiger partial charge in [0.1, 0.15) is 29.6 Å². The lowest BCUT2D eigenvalue weighted by atomic mass is 10.3. The van der Waals surface area contributed by atoms with Gasteiger partial charge in [-0.05, 0) is 24.3 Å². The third-order valence-corrected chi connectivity index (χ3v) is 7.78. The molecule has 21 nitrogen and oxygen atoms in total. The lowest BCUT2D eigenvalue weighted by Gasteiger charge is -2.05. The zero-order valence-electron chi connectivity index (χ0n) is 30.1. The molecule has 0 atom stereocenters. The molecule has 0 aliphatic heterocycles. The minimum atomic E-state index is -0.487. The van der Waals surface area contributed by atoms with Crippen LogP contribution in [0.1, 0.15) is 54.5 Å². The van der Waals surface area contributed by atoms with Crippen molar-refractivity contribution in [1.82, 2.24) is 28.9 Å². The Labute approximate surface area is 308 Å². The number of amides is 6. The maximum Gasteiger partial charge on any atom is 0.272 e. The van der Waals surface area contributed by atoms with Crippen LogP contribution in [0.15, 0.2) is 54.0 Å². The van der Waals surface area contributed by atoms with Crippen LogP contribution >= 0.6 is 0 Å². The van der Waals surface area contributed by atoms with Crippen LogP contribution in [0.2, 0.25) is 0 Å². The molecule has 0 bridgehead atoms. The minimum absolute atomic E-state index is 0.00178. The van der Waals surface area contributed by atoms with Gasteiger partial charge in [-0.25, -0.2) is 4.99 Å². The number of aryl methyl sites for hydroxylation is 4. The number of aliphatic imine (C=N–C) groups is 1. The van der Waals surface area contributed by atoms with Gasteiger partial charge in [-0.2, -0.15) is 0 Å². The Kier molecular flexibility index (Phi) is 12.6. The van der Waals surface area contributed by atoms with Crippen LogP contribution in [0, 0.1) is 5.41 Å². The van der Waals surface area contributed by atoms with E-state index >= 15 is 0 Å². The van der Waals surface area contributed by atoms with Crippen LogP contribution in [-0.2, 0) is 37.8 Å². The van der Waals surface area contributed by atoms with Gasteiger partial charge in [0, 0.05) is 78.9 Å². The fourth-order valence-corrected chi connectivity index (χ4v) is 5.09. The standard InChI is InChI=1S/C33H43N15O6/c1-45-17-21(12-22(45)31(53)39-7-5-24(34)35)42-32(54)23-11-20(16-46(23)2)41-27(49)6-8-38-29(51)18-9-26(48(4)14-18)44-30(52)19-10-25(47(3)15-19)43-28(50)13-40-33(36)37/h9-12,14-17H,5-8,13H2,1-4H3,(H3,34,35)(H,38,51)(H,39,53)(H,41,49)(H,42,54)(H,43,50)(H,44,52)(H4,36,37,40). The van der Waals surface area contributed by atoms with Crippen molar-refractivity contribution in [2.24, 2.45) is 50.4 Å². The molecule has 0 spiro atoms. The summed E-state index contributed by atoms with van der Waals surface area (Å²) in [6.45, 7) is -0.0772. The number of hydrogen-bond acceptors (Lipinski definition) is 8. The third kappa shape index (κ3) is 10.6. The first kappa shape index (κ1) is 39.5. The van der Waals surface area contributed by atoms with Crippen LogP contribution in [0.3, 0.4) is 0 Å². The van der Waals surface area contributed by atoms with Crippen molar-refractivity contribution in [3.63, 3.8) is 0 Å². The number of rotatable bonds is 16. The molecule has 6 amide bonds. The summed E-state index contributed by atoms with van der Waals surface area (Å²) in [5.74, 6) is -2.31. The number of aromatic nitrogens is 4. The summed E-state index contributed by atoms with van der Waals surface area (Å²) in [5.41, 5.74) is 17.6. The number of anilines is 4. The van der Waals surface area contributed by atoms with E-state index in [1.165, 1.54) is 41.2 Å². The van der Waals surface area contributed by atoms with Crippen molar-refractivity contribution in [1.29, 1.82) is 5.41 Å². The monoisotopic (exact) mass is 745 g/mol. The van der Waals surface area contributed by atoms with Gasteiger partial charge in [0.25, 0.3) is 23.6 Å². The Bertz CT molecular complexity index is 2130. The van der Waals surface area contributed by atoms with Gasteiger partial charge >= 0.3 is 0 Å². The summed E-state index contributed by atoms with van der Waals surface area (Å²) >= 11 is 0. The second kappa shape index (κ2) is 17.3. The number of carbonyl (C=O) groups is 6. The summed E-state index contributed by atoms with van der Waals surface area (Å²) in [6, 6.07) is 5.95. The molecule has 0 saturated heterocycles. The molecule has 4 rings (SSSR count). The van der Waals surface area contributed by atoms with E-state index < -0.39 is 29.5 Å². The molecule has 0 aromatic carbocycles. The van der Waals surface area contributed by atoms with E-state index in [9.17, 15) is 28.8 Å². The van der Waals surface area contributed by atoms with Crippen molar-refractivity contribution in [3.05, 3.63) is 71.6 Å². The van der Waals surface area contributed by atoms with Gasteiger partial charge in [-0.1, -0.05) is 0 Å². The molecular formula is C33H43N15O6. The van der Waals surface area contributed by atoms with E-state index in [1.807, 2.05) is 0 Å². The lowest BCUT2D eigenvalue weighted by Crippen LogP contribution is -2.28. The predicted molar refractivity (Wildman–Crippen MR) is 201 cm³/mol. The van der Waals surface area contributed by atoms with E-state index in [0.717, 1.165) is 0 Å². The van der Waals surface area contributed by atoms with Gasteiger partial charge in [0.05, 0.1) is 28.3 Å². The molecule has 4 aromatic heterocycles. The summed E-state index contributed by atoms with van der Waals surface area (Å²) in [4.78, 5) is 79.6. The SMILES string of the molecule is Cn1cc(C(=O)Nc2cc(C(=O)NCCC(=O)Nc3cc(C(=O)Nc4cc(C(=O)NCCC(=N)N)n(C)c4)n(C)c3)cn2C)cc1NC(=O)CN=C(N)N. The molecular weight excluding hydrogens is 702 g/mol. The Hall–Kier alpha value is -7.32. The molecule has 0 aliphatic rings. The number of nitrogens with one attached hydrogen (secondary N) is 7. The number of hydrogen-bond donors (Lipinski definition) is 10. The molecule has 0 aliphatic carbocycles. The van der Waals surface area contributed by atoms with Crippen molar-refractivity contribution in [2.45, 2.75) is 12.8 Å². The molecule has 0 radical (unpaired) electrons. The van der Waals surface area contributed by atoms with Gasteiger partial charge in [-0.3, -0.25) is 34.2 Å². The average Bonchev–Trinajstić information content (AvgIpc) is 3.85. The molecule has 54 heavy (non-hydrogen) atoms. The van der Waals surface area contributed by atoms with Gasteiger partial charge in [0.2, 0.25) is 11.8 Å². The second-order valence-corrected chi connectivity index (χ2v) is 12.2. The molecule has 21 heteroatoms. The predicted octanol–water partition coefficient (Wildman–Crippen LogP) is -0.428. The third-order valence-electron chi connectivity index (χ3n) is 7.78. The number of carbonyl (C=O) groups excluding carboxylic acids is 6. The van der Waals surface area contributed by atoms with Crippen LogP contribution < -0.4 is 49.1 Å². The van der Waals surface area contributed by atoms with Crippen LogP contribution in [-0.4, -0.2) is 85.1 Å². The lowest BCUT2D eigenvalue weighted by molar-refractivity contribution is -0.116. The van der Waals surface area contributed by atoms with Crippen molar-refractivity contribution in [3.8, 4) is 0 Å². The van der Waals surface area contributed by atoms with E-state index in [1.54, 1.807) is 54.3 Å². The fraction of sp³-hybridized carbons (Fsp3) is 0.273. The van der Waals surface area contributed by atoms with Crippen LogP contribution in [0.4, 0.5) is 23.0 Å². The van der Waals surface area contributed by atoms with E-state index in [-0.39, 0.29) is 67.0 Å². The Balaban J connectivity index is 1.25. The first-order valence-electron chi connectivity index (χ1n) is 16.3. The van der Waals surface area contributed by atoms with Crippen molar-refractivity contribution < 1.29 is 28.8 Å². The zero-order chi connectivity index (χ0) is 39.7. The van der Waals surface area contributed by atoms with E-state index in [4.69, 9.17) is 22.6 Å². The fourth-order valence-electron chi connectivity index (χ4n) is 5.09. The minimum Gasteiger partial charge on any atom is -0.388 e. The number of guanidine groups is 1. The maximum absolute atomic E-state index is 13.0. The highest BCUT2D eigenvalue weighted by atomic mass is 16.2. The van der Waals surface area contributed by atoms with E-state index in [0.29, 0.717) is 28.7 Å². The van der Waals surface area contributed by atoms with E-state index in [2.05, 4.69) is 36.9 Å². The largest absolute Gasteiger partial charge is 0.388 e. The molecule has 0 saturated carbocycles. The first-order valence-corrected chi connectivity index (χ1v) is 16.3. The van der Waals surface area contributed by atoms with Crippen LogP contribution in [0.25, 0.3) is 0 Å². The summed E-state index contributed by atoms with van der Waals surface area (Å²) in [6.07, 6.45) is 6.32. The molecule has 0 unspecified atom stereocenters. The molecule has 0 fully saturated rings. The Morgan fingerprint density at radius 2 is 1.11 bits per heavy atom. The summed E-state index contributed by atoms with van der Waals surface area (Å²) in [7, 11) is 6.57. The quantitative estimate of drug-likeness (QED) is 0.0525. The van der Waals surface area contributed by atoms with Crippen molar-refractivity contribution in [2.75, 3.05) is 40.9 Å². The average molecular weight is 746 g/mol. The zero-order valence-corrected chi connectivity index (χ0v) is 30.1. The topological polar surface area (TPSA) is 309 Å². The smallest absolute Gasteiger partial charge is 0.272 e. The highest BCUT2D eigenvalue weighted by molar-refractivity contribution is 6.07. The number of amidine groups is 1. The summed E-state index contributed by atoms with van der Waals surface area (Å²) in [5, 5.41) is 23.4. The van der Waals surface area contributed by atoms with Crippen LogP contribution in [0.5, 0.6) is 0 Å². The second-order valence-electron chi connectivity index (χ2n) is 12.2. The van der Waals surface area contributed by atoms with Crippen molar-refractivity contribution >= 4 is 70.2 Å². The number of nitrogens with two attached hydrogens (primary N) is 3. The maximum atomic E-state index is 13.0. The molecule has 286 valence electrons. The van der Waals surface area contributed by atoms with Gasteiger partial charge < -0.3 is 67.4 Å². The Morgan fingerprint density at radius 1 is 0.593 bits per heavy atom. The normalized spacial score (nSPS) is 10.6. The molecule has 4 aromatic rings.